The van der Waals surface area contributed by atoms with E-state index in [4.69, 9.17) is 21.8 Å². The summed E-state index contributed by atoms with van der Waals surface area (Å²) in [6.45, 7) is 2.12. The third-order valence-electron chi connectivity index (χ3n) is 2.49. The highest BCUT2D eigenvalue weighted by Gasteiger charge is 2.10. The van der Waals surface area contributed by atoms with E-state index >= 15 is 0 Å². The van der Waals surface area contributed by atoms with Crippen LogP contribution in [-0.4, -0.2) is 11.0 Å². The molecule has 1 heterocycles. The molecule has 0 bridgehead atoms. The van der Waals surface area contributed by atoms with Gasteiger partial charge in [0.15, 0.2) is 11.5 Å². The number of fused-ring (bicyclic) bond motifs is 1. The lowest BCUT2D eigenvalue weighted by Gasteiger charge is -2.05. The molecule has 0 amide bonds. The zero-order valence-electron chi connectivity index (χ0n) is 9.24. The van der Waals surface area contributed by atoms with Gasteiger partial charge in [0.25, 0.3) is 0 Å². The molecule has 1 atom stereocenters. The lowest BCUT2D eigenvalue weighted by Crippen LogP contribution is -2.22. The second-order valence-electron chi connectivity index (χ2n) is 3.97. The van der Waals surface area contributed by atoms with Gasteiger partial charge in [-0.15, -0.1) is 0 Å². The van der Waals surface area contributed by atoms with Gasteiger partial charge in [-0.1, -0.05) is 24.9 Å². The maximum atomic E-state index is 5.94. The van der Waals surface area contributed by atoms with Crippen molar-refractivity contribution in [2.24, 2.45) is 5.73 Å². The van der Waals surface area contributed by atoms with Crippen LogP contribution in [0.4, 0.5) is 0 Å². The van der Waals surface area contributed by atoms with Crippen LogP contribution >= 0.6 is 11.6 Å². The first kappa shape index (κ1) is 11.4. The number of hydrogen-bond donors (Lipinski definition) is 1. The monoisotopic (exact) mass is 238 g/mol. The Bertz CT molecular complexity index is 481. The molecule has 0 saturated carbocycles. The SMILES string of the molecule is CCCC(N)Cc1nc2cc(Cl)ccc2o1. The molecule has 0 radical (unpaired) electrons. The molecule has 86 valence electrons. The summed E-state index contributed by atoms with van der Waals surface area (Å²) in [7, 11) is 0. The first-order chi connectivity index (χ1) is 7.69. The number of nitrogens with two attached hydrogens (primary N) is 1. The Morgan fingerprint density at radius 2 is 2.31 bits per heavy atom. The van der Waals surface area contributed by atoms with Crippen LogP contribution in [0, 0.1) is 0 Å². The molecule has 0 spiro atoms. The van der Waals surface area contributed by atoms with E-state index < -0.39 is 0 Å². The fraction of sp³-hybridized carbons (Fsp3) is 0.417. The molecule has 1 unspecified atom stereocenters. The van der Waals surface area contributed by atoms with Crippen molar-refractivity contribution in [1.82, 2.24) is 4.98 Å². The van der Waals surface area contributed by atoms with E-state index in [2.05, 4.69) is 11.9 Å². The Morgan fingerprint density at radius 3 is 3.06 bits per heavy atom. The highest BCUT2D eigenvalue weighted by Crippen LogP contribution is 2.20. The molecule has 1 aromatic carbocycles. The van der Waals surface area contributed by atoms with Crippen LogP contribution in [0.1, 0.15) is 25.7 Å². The molecule has 0 aliphatic carbocycles. The molecule has 2 N–H and O–H groups in total. The van der Waals surface area contributed by atoms with E-state index in [9.17, 15) is 0 Å². The van der Waals surface area contributed by atoms with Crippen molar-refractivity contribution in [2.75, 3.05) is 0 Å². The zero-order valence-corrected chi connectivity index (χ0v) is 10.00. The Labute approximate surface area is 99.6 Å². The van der Waals surface area contributed by atoms with E-state index in [1.165, 1.54) is 0 Å². The number of aromatic nitrogens is 1. The molecule has 4 heteroatoms. The molecule has 16 heavy (non-hydrogen) atoms. The van der Waals surface area contributed by atoms with Crippen LogP contribution < -0.4 is 5.73 Å². The highest BCUT2D eigenvalue weighted by molar-refractivity contribution is 6.31. The van der Waals surface area contributed by atoms with E-state index in [0.29, 0.717) is 17.3 Å². The fourth-order valence-electron chi connectivity index (χ4n) is 1.73. The van der Waals surface area contributed by atoms with Gasteiger partial charge in [0.1, 0.15) is 5.52 Å². The summed E-state index contributed by atoms with van der Waals surface area (Å²) >= 11 is 5.88. The van der Waals surface area contributed by atoms with Gasteiger partial charge >= 0.3 is 0 Å². The average molecular weight is 239 g/mol. The smallest absolute Gasteiger partial charge is 0.197 e. The number of rotatable bonds is 4. The van der Waals surface area contributed by atoms with Crippen LogP contribution in [0.5, 0.6) is 0 Å². The quantitative estimate of drug-likeness (QED) is 0.890. The van der Waals surface area contributed by atoms with Crippen molar-refractivity contribution in [3.8, 4) is 0 Å². The third-order valence-corrected chi connectivity index (χ3v) is 2.73. The van der Waals surface area contributed by atoms with Gasteiger partial charge in [0, 0.05) is 17.5 Å². The largest absolute Gasteiger partial charge is 0.441 e. The number of hydrogen-bond acceptors (Lipinski definition) is 3. The summed E-state index contributed by atoms with van der Waals surface area (Å²) in [6.07, 6.45) is 2.74. The summed E-state index contributed by atoms with van der Waals surface area (Å²) in [5.74, 6) is 0.693. The van der Waals surface area contributed by atoms with E-state index in [0.717, 1.165) is 23.9 Å². The van der Waals surface area contributed by atoms with Crippen LogP contribution in [0.3, 0.4) is 0 Å². The molecule has 0 aliphatic rings. The molecule has 3 nitrogen and oxygen atoms in total. The summed E-state index contributed by atoms with van der Waals surface area (Å²) < 4.78 is 5.59. The highest BCUT2D eigenvalue weighted by atomic mass is 35.5. The standard InChI is InChI=1S/C12H15ClN2O/c1-2-3-9(14)7-12-15-10-6-8(13)4-5-11(10)16-12/h4-6,9H,2-3,7,14H2,1H3. The van der Waals surface area contributed by atoms with Gasteiger partial charge in [0.05, 0.1) is 0 Å². The van der Waals surface area contributed by atoms with Crippen LogP contribution in [0.15, 0.2) is 22.6 Å². The second kappa shape index (κ2) is 4.85. The predicted molar refractivity (Wildman–Crippen MR) is 65.6 cm³/mol. The number of halogens is 1. The minimum absolute atomic E-state index is 0.119. The van der Waals surface area contributed by atoms with E-state index in [1.54, 1.807) is 12.1 Å². The number of oxazole rings is 1. The van der Waals surface area contributed by atoms with Gasteiger partial charge in [-0.05, 0) is 24.6 Å². The molecule has 1 aromatic heterocycles. The van der Waals surface area contributed by atoms with Crippen molar-refractivity contribution < 1.29 is 4.42 Å². The molecule has 2 rings (SSSR count). The Balaban J connectivity index is 2.19. The van der Waals surface area contributed by atoms with Gasteiger partial charge in [-0.3, -0.25) is 0 Å². The van der Waals surface area contributed by atoms with Gasteiger partial charge in [-0.25, -0.2) is 4.98 Å². The fourth-order valence-corrected chi connectivity index (χ4v) is 1.90. The zero-order chi connectivity index (χ0) is 11.5. The molecular weight excluding hydrogens is 224 g/mol. The maximum Gasteiger partial charge on any atom is 0.197 e. The minimum Gasteiger partial charge on any atom is -0.441 e. The summed E-state index contributed by atoms with van der Waals surface area (Å²) in [5, 5.41) is 0.671. The van der Waals surface area contributed by atoms with Crippen LogP contribution in [-0.2, 0) is 6.42 Å². The minimum atomic E-state index is 0.119. The number of nitrogens with zero attached hydrogens (tertiary/aromatic N) is 1. The van der Waals surface area contributed by atoms with Gasteiger partial charge < -0.3 is 10.2 Å². The third kappa shape index (κ3) is 2.54. The Morgan fingerprint density at radius 1 is 1.50 bits per heavy atom. The van der Waals surface area contributed by atoms with Crippen molar-refractivity contribution in [3.63, 3.8) is 0 Å². The molecule has 0 saturated heterocycles. The molecule has 0 aliphatic heterocycles. The Hall–Kier alpha value is -1.06. The first-order valence-electron chi connectivity index (χ1n) is 5.49. The van der Waals surface area contributed by atoms with Crippen molar-refractivity contribution in [1.29, 1.82) is 0 Å². The maximum absolute atomic E-state index is 5.94. The van der Waals surface area contributed by atoms with Crippen molar-refractivity contribution >= 4 is 22.7 Å². The van der Waals surface area contributed by atoms with Gasteiger partial charge in [0.2, 0.25) is 0 Å². The van der Waals surface area contributed by atoms with E-state index in [1.807, 2.05) is 6.07 Å². The van der Waals surface area contributed by atoms with Crippen molar-refractivity contribution in [2.45, 2.75) is 32.2 Å². The van der Waals surface area contributed by atoms with E-state index in [-0.39, 0.29) is 6.04 Å². The van der Waals surface area contributed by atoms with Crippen LogP contribution in [0.25, 0.3) is 11.1 Å². The molecule has 0 fully saturated rings. The Kier molecular flexibility index (Phi) is 3.46. The molecular formula is C12H15ClN2O. The second-order valence-corrected chi connectivity index (χ2v) is 4.41. The lowest BCUT2D eigenvalue weighted by molar-refractivity contribution is 0.481. The first-order valence-corrected chi connectivity index (χ1v) is 5.87. The lowest BCUT2D eigenvalue weighted by atomic mass is 10.1. The average Bonchev–Trinajstić information content (AvgIpc) is 2.59. The van der Waals surface area contributed by atoms with Gasteiger partial charge in [-0.2, -0.15) is 0 Å². The normalized spacial score (nSPS) is 13.2. The summed E-state index contributed by atoms with van der Waals surface area (Å²) in [6, 6.07) is 5.55. The summed E-state index contributed by atoms with van der Waals surface area (Å²) in [4.78, 5) is 4.36. The van der Waals surface area contributed by atoms with Crippen molar-refractivity contribution in [3.05, 3.63) is 29.1 Å². The molecule has 2 aromatic rings. The topological polar surface area (TPSA) is 52.0 Å². The van der Waals surface area contributed by atoms with Crippen LogP contribution in [0.2, 0.25) is 5.02 Å². The predicted octanol–water partition coefficient (Wildman–Crippen LogP) is 3.15. The summed E-state index contributed by atoms with van der Waals surface area (Å²) in [5.41, 5.74) is 7.51. The number of benzene rings is 1.